The minimum Gasteiger partial charge on any atom is -0.368 e. The van der Waals surface area contributed by atoms with Crippen LogP contribution in [0.25, 0.3) is 0 Å². The molecular formula is C13H22N6OS. The lowest BCUT2D eigenvalue weighted by Crippen LogP contribution is -2.55. The summed E-state index contributed by atoms with van der Waals surface area (Å²) in [7, 11) is 0. The number of tetrazole rings is 1. The van der Waals surface area contributed by atoms with E-state index in [0.29, 0.717) is 18.9 Å². The molecule has 1 heterocycles. The van der Waals surface area contributed by atoms with Crippen molar-refractivity contribution in [2.75, 3.05) is 0 Å². The number of rotatable bonds is 4. The Morgan fingerprint density at radius 2 is 2.05 bits per heavy atom. The van der Waals surface area contributed by atoms with Crippen molar-refractivity contribution in [3.63, 3.8) is 0 Å². The Bertz CT molecular complexity index is 515. The van der Waals surface area contributed by atoms with Crippen molar-refractivity contribution in [3.05, 3.63) is 0 Å². The van der Waals surface area contributed by atoms with Crippen LogP contribution in [-0.2, 0) is 4.79 Å². The van der Waals surface area contributed by atoms with Crippen LogP contribution in [0.15, 0.2) is 5.16 Å². The van der Waals surface area contributed by atoms with Gasteiger partial charge in [0.05, 0.1) is 11.6 Å². The molecule has 1 aromatic rings. The van der Waals surface area contributed by atoms with Gasteiger partial charge in [-0.2, -0.15) is 0 Å². The molecule has 2 atom stereocenters. The van der Waals surface area contributed by atoms with Crippen LogP contribution >= 0.6 is 11.8 Å². The van der Waals surface area contributed by atoms with Gasteiger partial charge in [0.15, 0.2) is 0 Å². The molecule has 2 unspecified atom stereocenters. The Balaban J connectivity index is 1.69. The van der Waals surface area contributed by atoms with E-state index < -0.39 is 11.4 Å². The fraction of sp³-hybridized carbons (Fsp3) is 0.846. The number of nitrogens with two attached hydrogens (primary N) is 2. The zero-order valence-corrected chi connectivity index (χ0v) is 12.9. The first-order valence-electron chi connectivity index (χ1n) is 7.62. The normalized spacial score (nSPS) is 30.6. The Hall–Kier alpha value is -1.15. The summed E-state index contributed by atoms with van der Waals surface area (Å²) in [5.74, 6) is -0.400. The summed E-state index contributed by atoms with van der Waals surface area (Å²) in [6, 6.07) is 0.421. The SMILES string of the molecule is NC(=O)C1(N)CCCC(Sc2nnnn2C2CCCC2)C1. The smallest absolute Gasteiger partial charge is 0.237 e. The van der Waals surface area contributed by atoms with Crippen molar-refractivity contribution < 1.29 is 4.79 Å². The maximum Gasteiger partial charge on any atom is 0.237 e. The second-order valence-electron chi connectivity index (χ2n) is 6.20. The molecule has 7 nitrogen and oxygen atoms in total. The molecule has 0 spiro atoms. The van der Waals surface area contributed by atoms with Gasteiger partial charge < -0.3 is 11.5 Å². The van der Waals surface area contributed by atoms with Crippen molar-refractivity contribution >= 4 is 17.7 Å². The molecule has 0 bridgehead atoms. The molecule has 3 rings (SSSR count). The lowest BCUT2D eigenvalue weighted by molar-refractivity contribution is -0.124. The second-order valence-corrected chi connectivity index (χ2v) is 7.47. The number of carbonyl (C=O) groups excluding carboxylic acids is 1. The number of carbonyl (C=O) groups is 1. The molecular weight excluding hydrogens is 288 g/mol. The standard InChI is InChI=1S/C13H22N6OS/c14-11(20)13(15)7-3-6-10(8-13)21-12-16-17-18-19(12)9-4-1-2-5-9/h9-10H,1-8,15H2,(H2,14,20). The number of aromatic nitrogens is 4. The third kappa shape index (κ3) is 3.06. The van der Waals surface area contributed by atoms with Crippen LogP contribution in [0, 0.1) is 0 Å². The average molecular weight is 310 g/mol. The number of hydrogen-bond acceptors (Lipinski definition) is 6. The topological polar surface area (TPSA) is 113 Å². The average Bonchev–Trinajstić information content (AvgIpc) is 3.08. The Kier molecular flexibility index (Phi) is 4.17. The lowest BCUT2D eigenvalue weighted by Gasteiger charge is -2.34. The summed E-state index contributed by atoms with van der Waals surface area (Å²) >= 11 is 1.64. The van der Waals surface area contributed by atoms with Gasteiger partial charge in [0.25, 0.3) is 0 Å². The molecule has 0 radical (unpaired) electrons. The Labute approximate surface area is 128 Å². The van der Waals surface area contributed by atoms with Crippen molar-refractivity contribution in [1.29, 1.82) is 0 Å². The molecule has 2 aliphatic rings. The zero-order chi connectivity index (χ0) is 14.9. The highest BCUT2D eigenvalue weighted by atomic mass is 32.2. The minimum atomic E-state index is -0.873. The molecule has 0 aliphatic heterocycles. The van der Waals surface area contributed by atoms with Gasteiger partial charge in [-0.3, -0.25) is 4.79 Å². The highest BCUT2D eigenvalue weighted by Crippen LogP contribution is 2.38. The first-order chi connectivity index (χ1) is 10.1. The highest BCUT2D eigenvalue weighted by Gasteiger charge is 2.38. The maximum absolute atomic E-state index is 11.5. The predicted octanol–water partition coefficient (Wildman–Crippen LogP) is 1.01. The molecule has 0 aromatic carbocycles. The molecule has 1 aromatic heterocycles. The third-order valence-electron chi connectivity index (χ3n) is 4.64. The number of thioether (sulfide) groups is 1. The molecule has 116 valence electrons. The zero-order valence-electron chi connectivity index (χ0n) is 12.1. The van der Waals surface area contributed by atoms with Gasteiger partial charge in [0.2, 0.25) is 11.1 Å². The summed E-state index contributed by atoms with van der Waals surface area (Å²) in [4.78, 5) is 11.5. The van der Waals surface area contributed by atoms with E-state index in [4.69, 9.17) is 11.5 Å². The van der Waals surface area contributed by atoms with Crippen LogP contribution in [0.4, 0.5) is 0 Å². The van der Waals surface area contributed by atoms with Gasteiger partial charge in [0, 0.05) is 5.25 Å². The van der Waals surface area contributed by atoms with Crippen LogP contribution in [0.1, 0.15) is 57.4 Å². The molecule has 2 aliphatic carbocycles. The quantitative estimate of drug-likeness (QED) is 0.858. The first-order valence-corrected chi connectivity index (χ1v) is 8.50. The number of amides is 1. The lowest BCUT2D eigenvalue weighted by atomic mass is 9.82. The molecule has 4 N–H and O–H groups in total. The van der Waals surface area contributed by atoms with Crippen LogP contribution in [-0.4, -0.2) is 36.9 Å². The maximum atomic E-state index is 11.5. The predicted molar refractivity (Wildman–Crippen MR) is 79.5 cm³/mol. The number of nitrogens with zero attached hydrogens (tertiary/aromatic N) is 4. The highest BCUT2D eigenvalue weighted by molar-refractivity contribution is 7.99. The molecule has 0 saturated heterocycles. The van der Waals surface area contributed by atoms with E-state index in [1.807, 2.05) is 4.68 Å². The van der Waals surface area contributed by atoms with E-state index in [-0.39, 0.29) is 5.25 Å². The van der Waals surface area contributed by atoms with Crippen molar-refractivity contribution in [1.82, 2.24) is 20.2 Å². The van der Waals surface area contributed by atoms with Crippen molar-refractivity contribution in [3.8, 4) is 0 Å². The van der Waals surface area contributed by atoms with Gasteiger partial charge in [0.1, 0.15) is 0 Å². The van der Waals surface area contributed by atoms with Gasteiger partial charge in [-0.15, -0.1) is 5.10 Å². The second kappa shape index (κ2) is 5.92. The fourth-order valence-electron chi connectivity index (χ4n) is 3.37. The summed E-state index contributed by atoms with van der Waals surface area (Å²) < 4.78 is 1.95. The summed E-state index contributed by atoms with van der Waals surface area (Å²) in [6.45, 7) is 0. The fourth-order valence-corrected chi connectivity index (χ4v) is 4.71. The first kappa shape index (κ1) is 14.8. The summed E-state index contributed by atoms with van der Waals surface area (Å²) in [6.07, 6.45) is 7.99. The van der Waals surface area contributed by atoms with E-state index in [1.54, 1.807) is 11.8 Å². The Morgan fingerprint density at radius 3 is 2.76 bits per heavy atom. The van der Waals surface area contributed by atoms with Crippen LogP contribution in [0.5, 0.6) is 0 Å². The van der Waals surface area contributed by atoms with E-state index >= 15 is 0 Å². The van der Waals surface area contributed by atoms with E-state index in [0.717, 1.165) is 30.8 Å². The third-order valence-corrected chi connectivity index (χ3v) is 5.85. The molecule has 2 saturated carbocycles. The monoisotopic (exact) mass is 310 g/mol. The molecule has 8 heteroatoms. The minimum absolute atomic E-state index is 0.252. The summed E-state index contributed by atoms with van der Waals surface area (Å²) in [5.41, 5.74) is 10.7. The van der Waals surface area contributed by atoms with Crippen LogP contribution < -0.4 is 11.5 Å². The van der Waals surface area contributed by atoms with Crippen LogP contribution in [0.3, 0.4) is 0 Å². The van der Waals surface area contributed by atoms with E-state index in [1.165, 1.54) is 12.8 Å². The summed E-state index contributed by atoms with van der Waals surface area (Å²) in [5, 5.41) is 13.2. The van der Waals surface area contributed by atoms with Crippen molar-refractivity contribution in [2.24, 2.45) is 11.5 Å². The molecule has 21 heavy (non-hydrogen) atoms. The molecule has 2 fully saturated rings. The number of hydrogen-bond donors (Lipinski definition) is 2. The van der Waals surface area contributed by atoms with Gasteiger partial charge in [-0.1, -0.05) is 24.6 Å². The largest absolute Gasteiger partial charge is 0.368 e. The van der Waals surface area contributed by atoms with E-state index in [2.05, 4.69) is 15.5 Å². The number of primary amides is 1. The van der Waals surface area contributed by atoms with Gasteiger partial charge >= 0.3 is 0 Å². The molecule has 1 amide bonds. The Morgan fingerprint density at radius 1 is 1.29 bits per heavy atom. The van der Waals surface area contributed by atoms with Gasteiger partial charge in [-0.05, 0) is 49.0 Å². The van der Waals surface area contributed by atoms with Crippen LogP contribution in [0.2, 0.25) is 0 Å². The van der Waals surface area contributed by atoms with Crippen molar-refractivity contribution in [2.45, 2.75) is 73.4 Å². The van der Waals surface area contributed by atoms with E-state index in [9.17, 15) is 4.79 Å². The van der Waals surface area contributed by atoms with Gasteiger partial charge in [-0.25, -0.2) is 4.68 Å².